The Morgan fingerprint density at radius 1 is 0.789 bits per heavy atom. The van der Waals surface area contributed by atoms with Gasteiger partial charge in [-0.1, -0.05) is 71.0 Å². The van der Waals surface area contributed by atoms with E-state index in [-0.39, 0.29) is 0 Å². The molecule has 0 radical (unpaired) electrons. The van der Waals surface area contributed by atoms with Crippen molar-refractivity contribution in [1.29, 1.82) is 0 Å². The van der Waals surface area contributed by atoms with Gasteiger partial charge in [0.2, 0.25) is 0 Å². The smallest absolute Gasteiger partial charge is 0.0167 e. The molecular formula is C19H26. The van der Waals surface area contributed by atoms with Crippen LogP contribution < -0.4 is 0 Å². The molecule has 0 aliphatic rings. The Morgan fingerprint density at radius 3 is 2.05 bits per heavy atom. The van der Waals surface area contributed by atoms with E-state index in [0.717, 1.165) is 5.92 Å². The lowest BCUT2D eigenvalue weighted by atomic mass is 9.88. The third-order valence-electron chi connectivity index (χ3n) is 4.10. The maximum Gasteiger partial charge on any atom is -0.0167 e. The van der Waals surface area contributed by atoms with Gasteiger partial charge in [0, 0.05) is 0 Å². The molecule has 2 rings (SSSR count). The summed E-state index contributed by atoms with van der Waals surface area (Å²) in [6.45, 7) is 11.5. The zero-order valence-electron chi connectivity index (χ0n) is 12.9. The van der Waals surface area contributed by atoms with Crippen molar-refractivity contribution in [3.05, 3.63) is 47.5 Å². The zero-order chi connectivity index (χ0) is 14.0. The van der Waals surface area contributed by atoms with Gasteiger partial charge in [-0.3, -0.25) is 0 Å². The van der Waals surface area contributed by atoms with Gasteiger partial charge in [-0.25, -0.2) is 0 Å². The summed E-state index contributed by atoms with van der Waals surface area (Å²) in [5.74, 6) is 2.04. The molecule has 0 amide bonds. The van der Waals surface area contributed by atoms with Gasteiger partial charge in [0.1, 0.15) is 0 Å². The van der Waals surface area contributed by atoms with Gasteiger partial charge in [0.25, 0.3) is 0 Å². The predicted octanol–water partition coefficient (Wildman–Crippen LogP) is 5.80. The van der Waals surface area contributed by atoms with Crippen molar-refractivity contribution in [2.45, 2.75) is 47.0 Å². The minimum atomic E-state index is 0.625. The van der Waals surface area contributed by atoms with Crippen molar-refractivity contribution in [1.82, 2.24) is 0 Å². The summed E-state index contributed by atoms with van der Waals surface area (Å²) in [7, 11) is 0. The molecule has 0 aliphatic heterocycles. The summed E-state index contributed by atoms with van der Waals surface area (Å²) in [6, 6.07) is 13.9. The van der Waals surface area contributed by atoms with E-state index in [0.29, 0.717) is 11.8 Å². The van der Waals surface area contributed by atoms with E-state index >= 15 is 0 Å². The van der Waals surface area contributed by atoms with E-state index < -0.39 is 0 Å². The lowest BCUT2D eigenvalue weighted by Crippen LogP contribution is -2.01. The van der Waals surface area contributed by atoms with Crippen LogP contribution in [0.1, 0.15) is 51.7 Å². The third-order valence-corrected chi connectivity index (χ3v) is 4.10. The standard InChI is InChI=1S/C19H26/c1-13(2)10-16-6-7-19-12-17(15(5)14(3)4)8-9-18(19)11-16/h6-9,11-15H,10H2,1-5H3. The van der Waals surface area contributed by atoms with Gasteiger partial charge in [0.05, 0.1) is 0 Å². The molecule has 2 aromatic carbocycles. The van der Waals surface area contributed by atoms with E-state index in [2.05, 4.69) is 71.0 Å². The quantitative estimate of drug-likeness (QED) is 0.647. The first-order chi connectivity index (χ1) is 8.97. The molecule has 0 saturated heterocycles. The van der Waals surface area contributed by atoms with Gasteiger partial charge < -0.3 is 0 Å². The van der Waals surface area contributed by atoms with Crippen LogP contribution in [0, 0.1) is 11.8 Å². The fraction of sp³-hybridized carbons (Fsp3) is 0.474. The first kappa shape index (κ1) is 14.1. The van der Waals surface area contributed by atoms with Crippen LogP contribution in [0.2, 0.25) is 0 Å². The van der Waals surface area contributed by atoms with Gasteiger partial charge in [0.15, 0.2) is 0 Å². The van der Waals surface area contributed by atoms with Crippen LogP contribution in [0.5, 0.6) is 0 Å². The van der Waals surface area contributed by atoms with Crippen molar-refractivity contribution >= 4 is 10.8 Å². The fourth-order valence-corrected chi connectivity index (χ4v) is 2.58. The number of hydrogen-bond donors (Lipinski definition) is 0. The lowest BCUT2D eigenvalue weighted by molar-refractivity contribution is 0.535. The minimum Gasteiger partial charge on any atom is -0.0625 e. The van der Waals surface area contributed by atoms with Crippen LogP contribution in [-0.2, 0) is 6.42 Å². The highest BCUT2D eigenvalue weighted by molar-refractivity contribution is 5.84. The molecule has 1 atom stereocenters. The number of rotatable bonds is 4. The maximum absolute atomic E-state index is 2.36. The fourth-order valence-electron chi connectivity index (χ4n) is 2.58. The molecule has 0 nitrogen and oxygen atoms in total. The molecule has 0 heteroatoms. The topological polar surface area (TPSA) is 0 Å². The highest BCUT2D eigenvalue weighted by Crippen LogP contribution is 2.27. The molecule has 0 fully saturated rings. The third kappa shape index (κ3) is 3.37. The predicted molar refractivity (Wildman–Crippen MR) is 85.7 cm³/mol. The van der Waals surface area contributed by atoms with E-state index in [1.54, 1.807) is 0 Å². The highest BCUT2D eigenvalue weighted by atomic mass is 14.1. The summed E-state index contributed by atoms with van der Waals surface area (Å²) < 4.78 is 0. The van der Waals surface area contributed by atoms with Crippen LogP contribution in [0.3, 0.4) is 0 Å². The molecule has 2 aromatic rings. The second kappa shape index (κ2) is 5.77. The molecule has 19 heavy (non-hydrogen) atoms. The Kier molecular flexibility index (Phi) is 4.29. The molecule has 0 saturated carbocycles. The monoisotopic (exact) mass is 254 g/mol. The molecule has 1 unspecified atom stereocenters. The summed E-state index contributed by atoms with van der Waals surface area (Å²) >= 11 is 0. The average Bonchev–Trinajstić information content (AvgIpc) is 2.36. The Balaban J connectivity index is 2.35. The van der Waals surface area contributed by atoms with E-state index in [1.165, 1.54) is 28.3 Å². The van der Waals surface area contributed by atoms with E-state index in [4.69, 9.17) is 0 Å². The maximum atomic E-state index is 2.36. The molecule has 102 valence electrons. The Bertz CT molecular complexity index is 549. The van der Waals surface area contributed by atoms with Gasteiger partial charge in [-0.05, 0) is 46.1 Å². The molecule has 0 bridgehead atoms. The van der Waals surface area contributed by atoms with Crippen molar-refractivity contribution in [3.63, 3.8) is 0 Å². The molecule has 0 aromatic heterocycles. The second-order valence-corrected chi connectivity index (χ2v) is 6.57. The molecular weight excluding hydrogens is 228 g/mol. The first-order valence-electron chi connectivity index (χ1n) is 7.50. The van der Waals surface area contributed by atoms with Gasteiger partial charge in [-0.15, -0.1) is 0 Å². The van der Waals surface area contributed by atoms with Crippen LogP contribution in [0.15, 0.2) is 36.4 Å². The van der Waals surface area contributed by atoms with Crippen molar-refractivity contribution in [2.24, 2.45) is 11.8 Å². The van der Waals surface area contributed by atoms with Crippen LogP contribution in [0.4, 0.5) is 0 Å². The van der Waals surface area contributed by atoms with Crippen molar-refractivity contribution in [2.75, 3.05) is 0 Å². The molecule has 0 N–H and O–H groups in total. The Labute approximate surface area is 117 Å². The van der Waals surface area contributed by atoms with Crippen molar-refractivity contribution in [3.8, 4) is 0 Å². The average molecular weight is 254 g/mol. The van der Waals surface area contributed by atoms with Gasteiger partial charge in [-0.2, -0.15) is 0 Å². The molecule has 0 heterocycles. The van der Waals surface area contributed by atoms with Crippen LogP contribution in [-0.4, -0.2) is 0 Å². The van der Waals surface area contributed by atoms with Gasteiger partial charge >= 0.3 is 0 Å². The van der Waals surface area contributed by atoms with Crippen LogP contribution >= 0.6 is 0 Å². The van der Waals surface area contributed by atoms with Crippen molar-refractivity contribution < 1.29 is 0 Å². The van der Waals surface area contributed by atoms with Crippen LogP contribution in [0.25, 0.3) is 10.8 Å². The Morgan fingerprint density at radius 2 is 1.42 bits per heavy atom. The number of fused-ring (bicyclic) bond motifs is 1. The number of benzene rings is 2. The summed E-state index contributed by atoms with van der Waals surface area (Å²) in [4.78, 5) is 0. The second-order valence-electron chi connectivity index (χ2n) is 6.57. The largest absolute Gasteiger partial charge is 0.0625 e. The summed E-state index contributed by atoms with van der Waals surface area (Å²) in [6.07, 6.45) is 1.17. The first-order valence-corrected chi connectivity index (χ1v) is 7.50. The molecule has 0 aliphatic carbocycles. The summed E-state index contributed by atoms with van der Waals surface area (Å²) in [5.41, 5.74) is 2.91. The normalized spacial score (nSPS) is 13.4. The molecule has 0 spiro atoms. The number of hydrogen-bond acceptors (Lipinski definition) is 0. The highest BCUT2D eigenvalue weighted by Gasteiger charge is 2.10. The Hall–Kier alpha value is -1.30. The minimum absolute atomic E-state index is 0.625. The van der Waals surface area contributed by atoms with E-state index in [1.807, 2.05) is 0 Å². The van der Waals surface area contributed by atoms with E-state index in [9.17, 15) is 0 Å². The summed E-state index contributed by atoms with van der Waals surface area (Å²) in [5, 5.41) is 2.75. The SMILES string of the molecule is CC(C)Cc1ccc2cc(C(C)C(C)C)ccc2c1. The zero-order valence-corrected chi connectivity index (χ0v) is 12.9. The lowest BCUT2D eigenvalue weighted by Gasteiger charge is -2.16.